The van der Waals surface area contributed by atoms with Gasteiger partial charge in [-0.05, 0) is 39.4 Å². The number of aryl methyl sites for hydroxylation is 1. The summed E-state index contributed by atoms with van der Waals surface area (Å²) in [6.07, 6.45) is 1.39. The Labute approximate surface area is 153 Å². The van der Waals surface area contributed by atoms with E-state index in [0.29, 0.717) is 30.9 Å². The number of ether oxygens (including phenoxy) is 1. The van der Waals surface area contributed by atoms with Crippen LogP contribution in [-0.4, -0.2) is 39.9 Å². The number of carbonyl (C=O) groups is 1. The highest BCUT2D eigenvalue weighted by Crippen LogP contribution is 2.18. The van der Waals surface area contributed by atoms with Crippen LogP contribution in [0.5, 0.6) is 0 Å². The number of aromatic amines is 1. The Balaban J connectivity index is 1.86. The quantitative estimate of drug-likeness (QED) is 0.531. The molecule has 6 nitrogen and oxygen atoms in total. The van der Waals surface area contributed by atoms with Crippen molar-refractivity contribution >= 4 is 18.1 Å². The van der Waals surface area contributed by atoms with Gasteiger partial charge in [0.15, 0.2) is 10.6 Å². The molecular weight excluding hydrogens is 336 g/mol. The molecule has 1 heterocycles. The van der Waals surface area contributed by atoms with E-state index in [4.69, 9.17) is 17.0 Å². The first-order valence-electron chi connectivity index (χ1n) is 8.58. The van der Waals surface area contributed by atoms with Gasteiger partial charge in [0.05, 0.1) is 6.10 Å². The number of hydrogen-bond donors (Lipinski definition) is 2. The van der Waals surface area contributed by atoms with Gasteiger partial charge in [0.1, 0.15) is 0 Å². The second kappa shape index (κ2) is 9.48. The van der Waals surface area contributed by atoms with Crippen LogP contribution in [-0.2, 0) is 16.1 Å². The van der Waals surface area contributed by atoms with E-state index in [9.17, 15) is 4.79 Å². The number of amides is 1. The van der Waals surface area contributed by atoms with Gasteiger partial charge in [0, 0.05) is 31.7 Å². The molecule has 1 aromatic heterocycles. The fourth-order valence-electron chi connectivity index (χ4n) is 2.37. The number of rotatable bonds is 9. The van der Waals surface area contributed by atoms with Crippen molar-refractivity contribution in [2.75, 3.05) is 13.2 Å². The van der Waals surface area contributed by atoms with Crippen molar-refractivity contribution in [2.45, 2.75) is 46.3 Å². The predicted octanol–water partition coefficient (Wildman–Crippen LogP) is 3.24. The molecule has 0 saturated carbocycles. The molecule has 0 aliphatic rings. The highest BCUT2D eigenvalue weighted by Gasteiger charge is 2.10. The van der Waals surface area contributed by atoms with Crippen LogP contribution in [0.25, 0.3) is 11.4 Å². The Morgan fingerprint density at radius 3 is 2.76 bits per heavy atom. The topological polar surface area (TPSA) is 71.9 Å². The van der Waals surface area contributed by atoms with E-state index < -0.39 is 0 Å². The number of H-pyrrole nitrogens is 1. The molecule has 0 fully saturated rings. The van der Waals surface area contributed by atoms with Gasteiger partial charge in [-0.2, -0.15) is 5.10 Å². The molecule has 0 unspecified atom stereocenters. The minimum Gasteiger partial charge on any atom is -0.379 e. The first-order chi connectivity index (χ1) is 12.0. The molecule has 0 bridgehead atoms. The van der Waals surface area contributed by atoms with E-state index in [1.165, 1.54) is 5.56 Å². The second-order valence-electron chi connectivity index (χ2n) is 6.24. The third kappa shape index (κ3) is 6.10. The van der Waals surface area contributed by atoms with Crippen molar-refractivity contribution in [3.63, 3.8) is 0 Å². The van der Waals surface area contributed by atoms with Crippen molar-refractivity contribution in [3.05, 3.63) is 34.6 Å². The summed E-state index contributed by atoms with van der Waals surface area (Å²) in [5.41, 5.74) is 2.16. The lowest BCUT2D eigenvalue weighted by Crippen LogP contribution is -2.26. The molecule has 2 aromatic rings. The zero-order chi connectivity index (χ0) is 18.2. The Morgan fingerprint density at radius 2 is 2.08 bits per heavy atom. The van der Waals surface area contributed by atoms with Crippen LogP contribution in [0, 0.1) is 11.7 Å². The third-order valence-corrected chi connectivity index (χ3v) is 4.04. The fourth-order valence-corrected chi connectivity index (χ4v) is 2.59. The fraction of sp³-hybridized carbons (Fsp3) is 0.500. The number of aromatic nitrogens is 3. The van der Waals surface area contributed by atoms with E-state index in [1.54, 1.807) is 0 Å². The van der Waals surface area contributed by atoms with Crippen molar-refractivity contribution in [3.8, 4) is 11.4 Å². The molecule has 0 spiro atoms. The lowest BCUT2D eigenvalue weighted by Gasteiger charge is -2.09. The molecule has 0 radical (unpaired) electrons. The molecule has 7 heteroatoms. The van der Waals surface area contributed by atoms with Gasteiger partial charge in [-0.1, -0.05) is 29.8 Å². The summed E-state index contributed by atoms with van der Waals surface area (Å²) in [7, 11) is 0. The normalized spacial score (nSPS) is 11.0. The first-order valence-corrected chi connectivity index (χ1v) is 8.98. The van der Waals surface area contributed by atoms with E-state index in [2.05, 4.69) is 15.5 Å². The average molecular weight is 362 g/mol. The minimum atomic E-state index is 0.00232. The summed E-state index contributed by atoms with van der Waals surface area (Å²) in [6.45, 7) is 7.80. The maximum absolute atomic E-state index is 12.0. The van der Waals surface area contributed by atoms with Crippen molar-refractivity contribution in [1.29, 1.82) is 0 Å². The van der Waals surface area contributed by atoms with Gasteiger partial charge in [-0.25, -0.2) is 0 Å². The lowest BCUT2D eigenvalue weighted by molar-refractivity contribution is -0.121. The molecular formula is C18H26N4O2S. The molecule has 1 amide bonds. The van der Waals surface area contributed by atoms with Crippen LogP contribution < -0.4 is 5.32 Å². The lowest BCUT2D eigenvalue weighted by atomic mass is 10.1. The number of hydrogen-bond acceptors (Lipinski definition) is 4. The van der Waals surface area contributed by atoms with Crippen LogP contribution in [0.1, 0.15) is 32.3 Å². The molecule has 25 heavy (non-hydrogen) atoms. The Hall–Kier alpha value is -1.99. The summed E-state index contributed by atoms with van der Waals surface area (Å²) < 4.78 is 7.83. The highest BCUT2D eigenvalue weighted by atomic mass is 32.1. The molecule has 1 aromatic carbocycles. The number of carbonyl (C=O) groups excluding carboxylic acids is 1. The van der Waals surface area contributed by atoms with Gasteiger partial charge in [-0.15, -0.1) is 0 Å². The largest absolute Gasteiger partial charge is 0.379 e. The van der Waals surface area contributed by atoms with Gasteiger partial charge in [0.25, 0.3) is 0 Å². The smallest absolute Gasteiger partial charge is 0.221 e. The molecule has 0 saturated heterocycles. The summed E-state index contributed by atoms with van der Waals surface area (Å²) in [6, 6.07) is 8.07. The third-order valence-electron chi connectivity index (χ3n) is 3.72. The van der Waals surface area contributed by atoms with E-state index in [-0.39, 0.29) is 12.0 Å². The maximum atomic E-state index is 12.0. The molecule has 2 N–H and O–H groups in total. The predicted molar refractivity (Wildman–Crippen MR) is 101 cm³/mol. The van der Waals surface area contributed by atoms with Crippen LogP contribution in [0.15, 0.2) is 24.3 Å². The van der Waals surface area contributed by atoms with E-state index >= 15 is 0 Å². The molecule has 136 valence electrons. The van der Waals surface area contributed by atoms with Gasteiger partial charge in [-0.3, -0.25) is 14.5 Å². The molecule has 0 atom stereocenters. The van der Waals surface area contributed by atoms with E-state index in [0.717, 1.165) is 17.8 Å². The van der Waals surface area contributed by atoms with Crippen LogP contribution in [0.3, 0.4) is 0 Å². The summed E-state index contributed by atoms with van der Waals surface area (Å²) >= 11 is 5.29. The highest BCUT2D eigenvalue weighted by molar-refractivity contribution is 7.71. The molecule has 2 rings (SSSR count). The maximum Gasteiger partial charge on any atom is 0.221 e. The monoisotopic (exact) mass is 362 g/mol. The van der Waals surface area contributed by atoms with Crippen LogP contribution in [0.4, 0.5) is 0 Å². The van der Waals surface area contributed by atoms with Crippen molar-refractivity contribution in [1.82, 2.24) is 20.1 Å². The number of benzene rings is 1. The first kappa shape index (κ1) is 19.3. The summed E-state index contributed by atoms with van der Waals surface area (Å²) in [5, 5.41) is 10.0. The summed E-state index contributed by atoms with van der Waals surface area (Å²) in [4.78, 5) is 12.0. The van der Waals surface area contributed by atoms with Crippen LogP contribution in [0.2, 0.25) is 0 Å². The average Bonchev–Trinajstić information content (AvgIpc) is 2.94. The van der Waals surface area contributed by atoms with E-state index in [1.807, 2.05) is 49.6 Å². The summed E-state index contributed by atoms with van der Waals surface area (Å²) in [5.74, 6) is 0.755. The van der Waals surface area contributed by atoms with Crippen LogP contribution >= 0.6 is 12.2 Å². The number of nitrogens with one attached hydrogen (secondary N) is 2. The van der Waals surface area contributed by atoms with Gasteiger partial charge < -0.3 is 10.1 Å². The Kier molecular flexibility index (Phi) is 7.33. The van der Waals surface area contributed by atoms with Gasteiger partial charge >= 0.3 is 0 Å². The van der Waals surface area contributed by atoms with Crippen molar-refractivity contribution in [2.24, 2.45) is 0 Å². The number of nitrogens with zero attached hydrogens (tertiary/aromatic N) is 2. The Morgan fingerprint density at radius 1 is 1.36 bits per heavy atom. The van der Waals surface area contributed by atoms with Gasteiger partial charge in [0.2, 0.25) is 5.91 Å². The SMILES string of the molecule is Cc1ccc(-c2n[nH]c(=S)n2CCC(=O)NCCCOC(C)C)cc1. The standard InChI is InChI=1S/C18H26N4O2S/c1-13(2)24-12-4-10-19-16(23)9-11-22-17(20-21-18(22)25)15-7-5-14(3)6-8-15/h5-8,13H,4,9-12H2,1-3H3,(H,19,23)(H,21,25). The molecule has 0 aliphatic heterocycles. The molecule has 0 aliphatic carbocycles. The minimum absolute atomic E-state index is 0.00232. The zero-order valence-electron chi connectivity index (χ0n) is 15.0. The van der Waals surface area contributed by atoms with Crippen molar-refractivity contribution < 1.29 is 9.53 Å². The zero-order valence-corrected chi connectivity index (χ0v) is 15.9. The second-order valence-corrected chi connectivity index (χ2v) is 6.63. The Bertz CT molecular complexity index is 734.